The van der Waals surface area contributed by atoms with Crippen molar-refractivity contribution in [1.29, 1.82) is 0 Å². The summed E-state index contributed by atoms with van der Waals surface area (Å²) in [7, 11) is 0. The number of carbonyl (C=O) groups is 1. The minimum atomic E-state index is -0.951. The highest BCUT2D eigenvalue weighted by atomic mass is 35.5. The van der Waals surface area contributed by atoms with Crippen LogP contribution in [-0.4, -0.2) is 22.1 Å². The lowest BCUT2D eigenvalue weighted by Crippen LogP contribution is -2.08. The molecule has 0 fully saturated rings. The Bertz CT molecular complexity index is 658. The molecule has 0 unspecified atom stereocenters. The Kier molecular flexibility index (Phi) is 5.12. The number of nitrogens with zero attached hydrogens (tertiary/aromatic N) is 2. The van der Waals surface area contributed by atoms with Gasteiger partial charge in [0, 0.05) is 13.0 Å². The molecule has 1 aromatic carbocycles. The second kappa shape index (κ2) is 6.85. The Morgan fingerprint density at radius 3 is 2.86 bits per heavy atom. The molecular formula is C14H15ClF2N2O2. The van der Waals surface area contributed by atoms with Crippen LogP contribution in [0, 0.1) is 11.6 Å². The Morgan fingerprint density at radius 2 is 2.19 bits per heavy atom. The maximum absolute atomic E-state index is 13.9. The average molecular weight is 317 g/mol. The summed E-state index contributed by atoms with van der Waals surface area (Å²) in [6.07, 6.45) is 0.635. The fraction of sp³-hybridized carbons (Fsp3) is 0.429. The third-order valence-electron chi connectivity index (χ3n) is 3.07. The van der Waals surface area contributed by atoms with Crippen LogP contribution in [0.4, 0.5) is 8.78 Å². The van der Waals surface area contributed by atoms with Gasteiger partial charge in [0.05, 0.1) is 18.0 Å². The number of ether oxygens (including phenoxy) is 1. The van der Waals surface area contributed by atoms with E-state index in [-0.39, 0.29) is 23.8 Å². The third-order valence-corrected chi connectivity index (χ3v) is 3.31. The van der Waals surface area contributed by atoms with Gasteiger partial charge in [-0.1, -0.05) is 0 Å². The van der Waals surface area contributed by atoms with Crippen molar-refractivity contribution in [2.75, 3.05) is 6.61 Å². The van der Waals surface area contributed by atoms with Crippen LogP contribution in [0.25, 0.3) is 11.0 Å². The van der Waals surface area contributed by atoms with Gasteiger partial charge in [0.1, 0.15) is 11.3 Å². The SMILES string of the molecule is CCOC(=O)CCCn1c(CCl)nc2ccc(F)c(F)c21. The number of halogens is 3. The Morgan fingerprint density at radius 1 is 1.43 bits per heavy atom. The number of esters is 1. The van der Waals surface area contributed by atoms with Gasteiger partial charge >= 0.3 is 5.97 Å². The number of imidazole rings is 1. The van der Waals surface area contributed by atoms with Crippen molar-refractivity contribution in [3.8, 4) is 0 Å². The highest BCUT2D eigenvalue weighted by Crippen LogP contribution is 2.23. The smallest absolute Gasteiger partial charge is 0.305 e. The average Bonchev–Trinajstić information content (AvgIpc) is 2.82. The minimum Gasteiger partial charge on any atom is -0.466 e. The molecule has 2 aromatic rings. The van der Waals surface area contributed by atoms with Gasteiger partial charge in [0.2, 0.25) is 0 Å². The highest BCUT2D eigenvalue weighted by molar-refractivity contribution is 6.16. The summed E-state index contributed by atoms with van der Waals surface area (Å²) in [5.41, 5.74) is 0.426. The first kappa shape index (κ1) is 15.7. The molecule has 2 rings (SSSR count). The number of aromatic nitrogens is 2. The number of hydrogen-bond donors (Lipinski definition) is 0. The Labute approximate surface area is 125 Å². The van der Waals surface area contributed by atoms with E-state index < -0.39 is 11.6 Å². The van der Waals surface area contributed by atoms with Gasteiger partial charge in [-0.2, -0.15) is 0 Å². The van der Waals surface area contributed by atoms with Crippen molar-refractivity contribution >= 4 is 28.6 Å². The minimum absolute atomic E-state index is 0.0782. The van der Waals surface area contributed by atoms with E-state index in [0.29, 0.717) is 30.9 Å². The number of hydrogen-bond acceptors (Lipinski definition) is 3. The van der Waals surface area contributed by atoms with Crippen LogP contribution in [0.5, 0.6) is 0 Å². The first-order valence-corrected chi connectivity index (χ1v) is 7.16. The van der Waals surface area contributed by atoms with Crippen LogP contribution >= 0.6 is 11.6 Å². The van der Waals surface area contributed by atoms with E-state index in [4.69, 9.17) is 16.3 Å². The summed E-state index contributed by atoms with van der Waals surface area (Å²) < 4.78 is 33.7. The standard InChI is InChI=1S/C14H15ClF2N2O2/c1-2-21-12(20)4-3-7-19-11(8-15)18-10-6-5-9(16)13(17)14(10)19/h5-6H,2-4,7-8H2,1H3. The maximum Gasteiger partial charge on any atom is 0.305 e. The molecule has 0 aliphatic carbocycles. The fourth-order valence-electron chi connectivity index (χ4n) is 2.16. The third kappa shape index (κ3) is 3.32. The molecule has 1 aromatic heterocycles. The monoisotopic (exact) mass is 316 g/mol. The number of aryl methyl sites for hydroxylation is 1. The van der Waals surface area contributed by atoms with Crippen LogP contribution in [-0.2, 0) is 22.0 Å². The predicted molar refractivity (Wildman–Crippen MR) is 75.1 cm³/mol. The molecule has 0 aliphatic rings. The van der Waals surface area contributed by atoms with Gasteiger partial charge in [0.25, 0.3) is 0 Å². The molecule has 0 spiro atoms. The molecule has 1 heterocycles. The fourth-order valence-corrected chi connectivity index (χ4v) is 2.37. The quantitative estimate of drug-likeness (QED) is 0.606. The molecule has 114 valence electrons. The summed E-state index contributed by atoms with van der Waals surface area (Å²) in [6.45, 7) is 2.36. The van der Waals surface area contributed by atoms with Crippen LogP contribution in [0.15, 0.2) is 12.1 Å². The highest BCUT2D eigenvalue weighted by Gasteiger charge is 2.17. The van der Waals surface area contributed by atoms with Crippen molar-refractivity contribution in [2.24, 2.45) is 0 Å². The van der Waals surface area contributed by atoms with Gasteiger partial charge in [-0.15, -0.1) is 11.6 Å². The van der Waals surface area contributed by atoms with Crippen molar-refractivity contribution in [1.82, 2.24) is 9.55 Å². The normalized spacial score (nSPS) is 11.0. The molecule has 0 aliphatic heterocycles. The van der Waals surface area contributed by atoms with E-state index in [1.165, 1.54) is 10.6 Å². The van der Waals surface area contributed by atoms with E-state index in [0.717, 1.165) is 6.07 Å². The molecule has 7 heteroatoms. The largest absolute Gasteiger partial charge is 0.466 e. The molecule has 0 amide bonds. The predicted octanol–water partition coefficient (Wildman–Crippen LogP) is 3.40. The lowest BCUT2D eigenvalue weighted by molar-refractivity contribution is -0.143. The molecule has 0 N–H and O–H groups in total. The first-order valence-electron chi connectivity index (χ1n) is 6.63. The first-order chi connectivity index (χ1) is 10.1. The summed E-state index contributed by atoms with van der Waals surface area (Å²) in [4.78, 5) is 15.5. The van der Waals surface area contributed by atoms with Crippen LogP contribution in [0.1, 0.15) is 25.6 Å². The van der Waals surface area contributed by atoms with Crippen molar-refractivity contribution in [3.05, 3.63) is 29.6 Å². The van der Waals surface area contributed by atoms with Crippen molar-refractivity contribution in [2.45, 2.75) is 32.2 Å². The number of benzene rings is 1. The molecular weight excluding hydrogens is 302 g/mol. The Hall–Kier alpha value is -1.69. The van der Waals surface area contributed by atoms with Crippen LogP contribution in [0.2, 0.25) is 0 Å². The number of rotatable bonds is 6. The Balaban J connectivity index is 2.25. The molecule has 21 heavy (non-hydrogen) atoms. The summed E-state index contributed by atoms with van der Waals surface area (Å²) in [6, 6.07) is 2.44. The van der Waals surface area contributed by atoms with Crippen LogP contribution < -0.4 is 0 Å². The van der Waals surface area contributed by atoms with E-state index >= 15 is 0 Å². The van der Waals surface area contributed by atoms with Gasteiger partial charge in [-0.25, -0.2) is 13.8 Å². The van der Waals surface area contributed by atoms with Gasteiger partial charge in [-0.3, -0.25) is 4.79 Å². The summed E-state index contributed by atoms with van der Waals surface area (Å²) >= 11 is 5.80. The number of alkyl halides is 1. The second-order valence-corrected chi connectivity index (χ2v) is 4.72. The lowest BCUT2D eigenvalue weighted by atomic mass is 10.2. The molecule has 4 nitrogen and oxygen atoms in total. The summed E-state index contributed by atoms with van der Waals surface area (Å²) in [5.74, 6) is -1.68. The molecule has 0 radical (unpaired) electrons. The van der Waals surface area contributed by atoms with Crippen molar-refractivity contribution < 1.29 is 18.3 Å². The topological polar surface area (TPSA) is 44.1 Å². The van der Waals surface area contributed by atoms with Gasteiger partial charge in [0.15, 0.2) is 11.6 Å². The molecule has 0 bridgehead atoms. The zero-order chi connectivity index (χ0) is 15.4. The lowest BCUT2D eigenvalue weighted by Gasteiger charge is -2.08. The maximum atomic E-state index is 13.9. The summed E-state index contributed by atoms with van der Waals surface area (Å²) in [5, 5.41) is 0. The van der Waals surface area contributed by atoms with Crippen LogP contribution in [0.3, 0.4) is 0 Å². The van der Waals surface area contributed by atoms with Gasteiger partial charge < -0.3 is 9.30 Å². The van der Waals surface area contributed by atoms with Crippen molar-refractivity contribution in [3.63, 3.8) is 0 Å². The van der Waals surface area contributed by atoms with E-state index in [1.807, 2.05) is 0 Å². The number of carbonyl (C=O) groups excluding carboxylic acids is 1. The zero-order valence-corrected chi connectivity index (χ0v) is 12.3. The second-order valence-electron chi connectivity index (χ2n) is 4.45. The molecule has 0 saturated heterocycles. The molecule has 0 atom stereocenters. The zero-order valence-electron chi connectivity index (χ0n) is 11.5. The molecule has 0 saturated carbocycles. The van der Waals surface area contributed by atoms with E-state index in [2.05, 4.69) is 4.98 Å². The number of fused-ring (bicyclic) bond motifs is 1. The van der Waals surface area contributed by atoms with E-state index in [1.54, 1.807) is 6.92 Å². The van der Waals surface area contributed by atoms with Gasteiger partial charge in [-0.05, 0) is 25.5 Å². The van der Waals surface area contributed by atoms with E-state index in [9.17, 15) is 13.6 Å².